The van der Waals surface area contributed by atoms with Crippen molar-refractivity contribution >= 4 is 11.6 Å². The Labute approximate surface area is 105 Å². The molecule has 0 fully saturated rings. The van der Waals surface area contributed by atoms with Crippen LogP contribution >= 0.6 is 11.6 Å². The predicted molar refractivity (Wildman–Crippen MR) is 68.0 cm³/mol. The van der Waals surface area contributed by atoms with Crippen LogP contribution in [0.15, 0.2) is 30.5 Å². The number of benzene rings is 1. The third-order valence-corrected chi connectivity index (χ3v) is 2.85. The van der Waals surface area contributed by atoms with Crippen molar-refractivity contribution in [1.82, 2.24) is 20.7 Å². The average Bonchev–Trinajstić information content (AvgIpc) is 2.85. The van der Waals surface area contributed by atoms with Gasteiger partial charge in [0, 0.05) is 5.02 Å². The fourth-order valence-electron chi connectivity index (χ4n) is 1.76. The zero-order chi connectivity index (χ0) is 12.1. The number of nitrogens with zero attached hydrogens (tertiary/aromatic N) is 2. The summed E-state index contributed by atoms with van der Waals surface area (Å²) in [6, 6.07) is 8.06. The number of halogens is 1. The van der Waals surface area contributed by atoms with Crippen LogP contribution in [0.2, 0.25) is 5.02 Å². The van der Waals surface area contributed by atoms with E-state index in [-0.39, 0.29) is 6.04 Å². The predicted octanol–water partition coefficient (Wildman–Crippen LogP) is 2.35. The third kappa shape index (κ3) is 3.28. The van der Waals surface area contributed by atoms with Crippen LogP contribution in [-0.2, 0) is 6.42 Å². The normalized spacial score (nSPS) is 12.6. The molecule has 4 nitrogen and oxygen atoms in total. The molecule has 1 unspecified atom stereocenters. The highest BCUT2D eigenvalue weighted by Gasteiger charge is 2.13. The van der Waals surface area contributed by atoms with E-state index in [1.807, 2.05) is 24.3 Å². The molecule has 0 aliphatic carbocycles. The Kier molecular flexibility index (Phi) is 4.12. The first kappa shape index (κ1) is 12.1. The van der Waals surface area contributed by atoms with Crippen LogP contribution in [0.5, 0.6) is 0 Å². The minimum atomic E-state index is 0.180. The Balaban J connectivity index is 2.10. The molecule has 0 saturated carbocycles. The number of nitrogens with one attached hydrogen (secondary N) is 2. The summed E-state index contributed by atoms with van der Waals surface area (Å²) in [5, 5.41) is 14.8. The second-order valence-corrected chi connectivity index (χ2v) is 4.27. The molecule has 17 heavy (non-hydrogen) atoms. The zero-order valence-corrected chi connectivity index (χ0v) is 10.4. The first-order valence-electron chi connectivity index (χ1n) is 5.63. The van der Waals surface area contributed by atoms with E-state index in [9.17, 15) is 0 Å². The molecule has 0 radical (unpaired) electrons. The highest BCUT2D eigenvalue weighted by molar-refractivity contribution is 6.30. The summed E-state index contributed by atoms with van der Waals surface area (Å²) in [5.41, 5.74) is 2.16. The smallest absolute Gasteiger partial charge is 0.0997 e. The summed E-state index contributed by atoms with van der Waals surface area (Å²) in [5.74, 6) is 0. The summed E-state index contributed by atoms with van der Waals surface area (Å²) in [6.45, 7) is 2.97. The van der Waals surface area contributed by atoms with Gasteiger partial charge in [-0.15, -0.1) is 0 Å². The van der Waals surface area contributed by atoms with Crippen molar-refractivity contribution in [2.24, 2.45) is 0 Å². The summed E-state index contributed by atoms with van der Waals surface area (Å²) in [6.07, 6.45) is 2.63. The van der Waals surface area contributed by atoms with Crippen molar-refractivity contribution in [2.45, 2.75) is 19.4 Å². The lowest BCUT2D eigenvalue weighted by Gasteiger charge is -2.15. The van der Waals surface area contributed by atoms with Gasteiger partial charge in [-0.1, -0.05) is 30.7 Å². The van der Waals surface area contributed by atoms with E-state index in [1.165, 1.54) is 5.56 Å². The van der Waals surface area contributed by atoms with Gasteiger partial charge in [0.15, 0.2) is 0 Å². The van der Waals surface area contributed by atoms with Crippen LogP contribution in [0, 0.1) is 0 Å². The lowest BCUT2D eigenvalue weighted by Crippen LogP contribution is -2.23. The molecule has 0 spiro atoms. The fraction of sp³-hybridized carbons (Fsp3) is 0.333. The first-order chi connectivity index (χ1) is 8.29. The Morgan fingerprint density at radius 3 is 2.71 bits per heavy atom. The number of rotatable bonds is 5. The molecule has 2 aromatic rings. The minimum Gasteiger partial charge on any atom is -0.309 e. The van der Waals surface area contributed by atoms with Crippen LogP contribution in [-0.4, -0.2) is 22.0 Å². The maximum absolute atomic E-state index is 5.87. The van der Waals surface area contributed by atoms with Gasteiger partial charge in [-0.3, -0.25) is 0 Å². The molecule has 1 atom stereocenters. The van der Waals surface area contributed by atoms with Crippen molar-refractivity contribution < 1.29 is 0 Å². The van der Waals surface area contributed by atoms with Crippen LogP contribution in [0.3, 0.4) is 0 Å². The molecule has 2 N–H and O–H groups in total. The molecule has 1 heterocycles. The largest absolute Gasteiger partial charge is 0.309 e. The van der Waals surface area contributed by atoms with Crippen LogP contribution < -0.4 is 5.32 Å². The topological polar surface area (TPSA) is 53.6 Å². The SMILES string of the molecule is CCNC(Cc1ccc(Cl)cc1)c1cn[nH]n1. The monoisotopic (exact) mass is 250 g/mol. The van der Waals surface area contributed by atoms with E-state index in [1.54, 1.807) is 6.20 Å². The summed E-state index contributed by atoms with van der Waals surface area (Å²) in [7, 11) is 0. The zero-order valence-electron chi connectivity index (χ0n) is 9.65. The molecule has 90 valence electrons. The molecular weight excluding hydrogens is 236 g/mol. The van der Waals surface area contributed by atoms with Crippen molar-refractivity contribution in [2.75, 3.05) is 6.54 Å². The van der Waals surface area contributed by atoms with Gasteiger partial charge in [0.2, 0.25) is 0 Å². The summed E-state index contributed by atoms with van der Waals surface area (Å²) < 4.78 is 0. The maximum Gasteiger partial charge on any atom is 0.0997 e. The lowest BCUT2D eigenvalue weighted by atomic mass is 10.0. The van der Waals surface area contributed by atoms with E-state index >= 15 is 0 Å². The molecule has 0 amide bonds. The summed E-state index contributed by atoms with van der Waals surface area (Å²) in [4.78, 5) is 0. The first-order valence-corrected chi connectivity index (χ1v) is 6.01. The molecule has 5 heteroatoms. The highest BCUT2D eigenvalue weighted by atomic mass is 35.5. The van der Waals surface area contributed by atoms with Gasteiger partial charge >= 0.3 is 0 Å². The van der Waals surface area contributed by atoms with Gasteiger partial charge in [-0.2, -0.15) is 15.4 Å². The molecule has 1 aromatic heterocycles. The van der Waals surface area contributed by atoms with Crippen LogP contribution in [0.4, 0.5) is 0 Å². The average molecular weight is 251 g/mol. The fourth-order valence-corrected chi connectivity index (χ4v) is 1.89. The van der Waals surface area contributed by atoms with Crippen molar-refractivity contribution in [3.05, 3.63) is 46.7 Å². The van der Waals surface area contributed by atoms with Gasteiger partial charge in [-0.25, -0.2) is 0 Å². The number of H-pyrrole nitrogens is 1. The van der Waals surface area contributed by atoms with E-state index < -0.39 is 0 Å². The quantitative estimate of drug-likeness (QED) is 0.857. The number of aromatic nitrogens is 3. The van der Waals surface area contributed by atoms with Gasteiger partial charge < -0.3 is 5.32 Å². The van der Waals surface area contributed by atoms with E-state index in [4.69, 9.17) is 11.6 Å². The Morgan fingerprint density at radius 2 is 2.12 bits per heavy atom. The maximum atomic E-state index is 5.87. The number of hydrogen-bond acceptors (Lipinski definition) is 3. The van der Waals surface area contributed by atoms with Gasteiger partial charge in [0.05, 0.1) is 17.9 Å². The molecule has 1 aromatic carbocycles. The molecule has 0 saturated heterocycles. The van der Waals surface area contributed by atoms with E-state index in [2.05, 4.69) is 27.7 Å². The van der Waals surface area contributed by atoms with Gasteiger partial charge in [-0.05, 0) is 30.7 Å². The Morgan fingerprint density at radius 1 is 1.35 bits per heavy atom. The Bertz CT molecular complexity index is 438. The van der Waals surface area contributed by atoms with Crippen LogP contribution in [0.1, 0.15) is 24.2 Å². The van der Waals surface area contributed by atoms with E-state index in [0.717, 1.165) is 23.7 Å². The molecule has 0 aliphatic rings. The second-order valence-electron chi connectivity index (χ2n) is 3.84. The number of hydrogen-bond donors (Lipinski definition) is 2. The standard InChI is InChI=1S/C12H15ClN4/c1-2-14-11(12-8-15-17-16-12)7-9-3-5-10(13)6-4-9/h3-6,8,11,14H,2,7H2,1H3,(H,15,16,17). The summed E-state index contributed by atoms with van der Waals surface area (Å²) >= 11 is 5.87. The highest BCUT2D eigenvalue weighted by Crippen LogP contribution is 2.17. The van der Waals surface area contributed by atoms with Crippen LogP contribution in [0.25, 0.3) is 0 Å². The van der Waals surface area contributed by atoms with Crippen molar-refractivity contribution in [3.63, 3.8) is 0 Å². The number of aromatic amines is 1. The molecule has 2 rings (SSSR count). The molecule has 0 bridgehead atoms. The van der Waals surface area contributed by atoms with E-state index in [0.29, 0.717) is 0 Å². The third-order valence-electron chi connectivity index (χ3n) is 2.59. The van der Waals surface area contributed by atoms with Crippen molar-refractivity contribution in [3.8, 4) is 0 Å². The lowest BCUT2D eigenvalue weighted by molar-refractivity contribution is 0.535. The van der Waals surface area contributed by atoms with Gasteiger partial charge in [0.1, 0.15) is 0 Å². The molecular formula is C12H15ClN4. The minimum absolute atomic E-state index is 0.180. The van der Waals surface area contributed by atoms with Crippen molar-refractivity contribution in [1.29, 1.82) is 0 Å². The molecule has 0 aliphatic heterocycles. The second kappa shape index (κ2) is 5.80. The number of likely N-dealkylation sites (N-methyl/N-ethyl adjacent to an activating group) is 1. The van der Waals surface area contributed by atoms with Gasteiger partial charge in [0.25, 0.3) is 0 Å². The Hall–Kier alpha value is -1.39.